The van der Waals surface area contributed by atoms with Crippen LogP contribution in [0.4, 0.5) is 18.8 Å². The molecule has 4 aromatic rings. The molecular formula is C50H66BrFN8O9S. The largest absolute Gasteiger partial charge is 0.444 e. The van der Waals surface area contributed by atoms with Crippen molar-refractivity contribution in [3.63, 3.8) is 0 Å². The van der Waals surface area contributed by atoms with Gasteiger partial charge in [0.2, 0.25) is 17.7 Å². The zero-order valence-electron chi connectivity index (χ0n) is 41.5. The summed E-state index contributed by atoms with van der Waals surface area (Å²) in [4.78, 5) is 89.1. The van der Waals surface area contributed by atoms with E-state index in [1.54, 1.807) is 117 Å². The van der Waals surface area contributed by atoms with Crippen LogP contribution in [0, 0.1) is 5.82 Å². The van der Waals surface area contributed by atoms with E-state index in [1.807, 2.05) is 0 Å². The van der Waals surface area contributed by atoms with Crippen LogP contribution >= 0.6 is 27.7 Å². The Morgan fingerprint density at radius 3 is 2.06 bits per heavy atom. The monoisotopic (exact) mass is 1050 g/mol. The molecule has 3 heterocycles. The number of para-hydroxylation sites is 1. The van der Waals surface area contributed by atoms with Gasteiger partial charge in [0, 0.05) is 67.5 Å². The minimum absolute atomic E-state index is 0.0346. The molecule has 380 valence electrons. The lowest BCUT2D eigenvalue weighted by Gasteiger charge is -2.32. The average molecular weight is 1050 g/mol. The number of rotatable bonds is 10. The lowest BCUT2D eigenvalue weighted by atomic mass is 10.0. The fraction of sp³-hybridized carbons (Fsp3) is 0.500. The number of hydrogen-bond donors (Lipinski definition) is 5. The molecule has 2 aromatic heterocycles. The van der Waals surface area contributed by atoms with Gasteiger partial charge in [-0.2, -0.15) is 0 Å². The minimum atomic E-state index is -1.25. The molecule has 20 heteroatoms. The van der Waals surface area contributed by atoms with Crippen LogP contribution < -0.4 is 26.6 Å². The van der Waals surface area contributed by atoms with Crippen LogP contribution in [0.2, 0.25) is 0 Å². The minimum Gasteiger partial charge on any atom is -0.444 e. The summed E-state index contributed by atoms with van der Waals surface area (Å²) in [6.07, 6.45) is 1.93. The highest BCUT2D eigenvalue weighted by atomic mass is 79.9. The number of nitrogens with one attached hydrogen (secondary N) is 5. The molecule has 70 heavy (non-hydrogen) atoms. The molecule has 0 bridgehead atoms. The van der Waals surface area contributed by atoms with Gasteiger partial charge >= 0.3 is 18.3 Å². The van der Waals surface area contributed by atoms with Crippen molar-refractivity contribution < 1.29 is 47.4 Å². The van der Waals surface area contributed by atoms with E-state index in [0.29, 0.717) is 43.5 Å². The van der Waals surface area contributed by atoms with E-state index in [9.17, 15) is 24.0 Å². The molecule has 0 fully saturated rings. The fourth-order valence-corrected chi connectivity index (χ4v) is 9.14. The number of likely N-dealkylation sites (N-methyl/N-ethyl adjacent to an activating group) is 1. The number of alkyl carbamates (subject to hydrolysis) is 2. The molecule has 0 spiro atoms. The van der Waals surface area contributed by atoms with Crippen LogP contribution in [0.25, 0.3) is 10.9 Å². The third-order valence-electron chi connectivity index (χ3n) is 10.7. The number of pyridine rings is 1. The Morgan fingerprint density at radius 2 is 1.43 bits per heavy atom. The van der Waals surface area contributed by atoms with Gasteiger partial charge in [0.05, 0.1) is 16.5 Å². The zero-order chi connectivity index (χ0) is 51.6. The van der Waals surface area contributed by atoms with Gasteiger partial charge in [0.15, 0.2) is 0 Å². The summed E-state index contributed by atoms with van der Waals surface area (Å²) in [6, 6.07) is 10.1. The molecule has 1 aliphatic rings. The van der Waals surface area contributed by atoms with E-state index in [1.165, 1.54) is 22.6 Å². The summed E-state index contributed by atoms with van der Waals surface area (Å²) < 4.78 is 34.4. The lowest BCUT2D eigenvalue weighted by Crippen LogP contribution is -2.57. The number of halogens is 2. The van der Waals surface area contributed by atoms with Gasteiger partial charge in [-0.05, 0) is 123 Å². The predicted octanol–water partition coefficient (Wildman–Crippen LogP) is 8.12. The summed E-state index contributed by atoms with van der Waals surface area (Å²) in [5, 5.41) is 15.7. The summed E-state index contributed by atoms with van der Waals surface area (Å²) >= 11 is 4.64. The zero-order valence-corrected chi connectivity index (χ0v) is 44.0. The Morgan fingerprint density at radius 1 is 0.814 bits per heavy atom. The van der Waals surface area contributed by atoms with Gasteiger partial charge in [-0.15, -0.1) is 0 Å². The molecular weight excluding hydrogens is 988 g/mol. The van der Waals surface area contributed by atoms with E-state index < -0.39 is 76.7 Å². The first-order valence-corrected chi connectivity index (χ1v) is 24.8. The molecule has 3 atom stereocenters. The van der Waals surface area contributed by atoms with Crippen molar-refractivity contribution in [2.24, 2.45) is 0 Å². The van der Waals surface area contributed by atoms with Crippen LogP contribution in [0.15, 0.2) is 75.3 Å². The highest BCUT2D eigenvalue weighted by Gasteiger charge is 2.35. The van der Waals surface area contributed by atoms with Crippen molar-refractivity contribution in [2.45, 2.75) is 152 Å². The quantitative estimate of drug-likeness (QED) is 0.0753. The molecule has 17 nitrogen and oxygen atoms in total. The highest BCUT2D eigenvalue weighted by molar-refractivity contribution is 9.10. The Bertz CT molecular complexity index is 2540. The van der Waals surface area contributed by atoms with Gasteiger partial charge in [-0.1, -0.05) is 52.0 Å². The number of benzene rings is 2. The Kier molecular flexibility index (Phi) is 18.9. The van der Waals surface area contributed by atoms with Crippen molar-refractivity contribution in [3.05, 3.63) is 87.9 Å². The van der Waals surface area contributed by atoms with Crippen LogP contribution in [0.3, 0.4) is 0 Å². The summed E-state index contributed by atoms with van der Waals surface area (Å²) in [7, 11) is 1.46. The van der Waals surface area contributed by atoms with E-state index in [4.69, 9.17) is 14.2 Å². The van der Waals surface area contributed by atoms with Crippen molar-refractivity contribution in [1.29, 1.82) is 0 Å². The molecule has 0 radical (unpaired) electrons. The number of fused-ring (bicyclic) bond motifs is 3. The number of hydrogen-bond acceptors (Lipinski definition) is 12. The smallest absolute Gasteiger partial charge is 0.419 e. The SMILES string of the molecule is CN1C(=O)[C@H](CCCNC(=O)OC(C)(C)C)NC(=O)[C@H](CCCNC(=O)OC(C)(C)C)NCc2cccnc2Sc2c(F)ccc(Br)c2CNC(=O)[C@@H]1Cc1cn(C(=O)OC(C)(C)C)c2ccccc12. The first-order valence-electron chi connectivity index (χ1n) is 23.2. The number of carbonyl (C=O) groups is 6. The first kappa shape index (κ1) is 55.2. The van der Waals surface area contributed by atoms with Gasteiger partial charge < -0.3 is 45.7 Å². The van der Waals surface area contributed by atoms with E-state index in [0.717, 1.165) is 11.8 Å². The van der Waals surface area contributed by atoms with Crippen molar-refractivity contribution in [2.75, 3.05) is 20.1 Å². The van der Waals surface area contributed by atoms with E-state index >= 15 is 9.18 Å². The predicted molar refractivity (Wildman–Crippen MR) is 268 cm³/mol. The summed E-state index contributed by atoms with van der Waals surface area (Å²) in [5.74, 6) is -2.33. The van der Waals surface area contributed by atoms with Crippen molar-refractivity contribution >= 4 is 74.6 Å². The number of carbonyl (C=O) groups excluding carboxylic acids is 6. The van der Waals surface area contributed by atoms with Gasteiger partial charge in [0.1, 0.15) is 39.7 Å². The third-order valence-corrected chi connectivity index (χ3v) is 12.7. The summed E-state index contributed by atoms with van der Waals surface area (Å²) in [6.45, 7) is 15.9. The Hall–Kier alpha value is -5.73. The Balaban J connectivity index is 1.58. The maximum atomic E-state index is 16.0. The number of amides is 5. The van der Waals surface area contributed by atoms with E-state index in [2.05, 4.69) is 47.5 Å². The number of aromatic nitrogens is 2. The second-order valence-corrected chi connectivity index (χ2v) is 21.8. The maximum absolute atomic E-state index is 16.0. The van der Waals surface area contributed by atoms with Gasteiger partial charge in [0.25, 0.3) is 0 Å². The molecule has 1 aliphatic heterocycles. The van der Waals surface area contributed by atoms with Gasteiger partial charge in [-0.25, -0.2) is 23.8 Å². The van der Waals surface area contributed by atoms with Crippen LogP contribution in [0.5, 0.6) is 0 Å². The molecule has 2 aromatic carbocycles. The van der Waals surface area contributed by atoms with Crippen LogP contribution in [-0.4, -0.2) is 106 Å². The topological polar surface area (TPSA) is 211 Å². The Labute approximate surface area is 421 Å². The molecule has 0 aliphatic carbocycles. The number of ether oxygens (including phenoxy) is 3. The van der Waals surface area contributed by atoms with Crippen molar-refractivity contribution in [3.8, 4) is 0 Å². The fourth-order valence-electron chi connectivity index (χ4n) is 7.49. The first-order chi connectivity index (χ1) is 32.8. The molecule has 5 rings (SSSR count). The highest BCUT2D eigenvalue weighted by Crippen LogP contribution is 2.37. The molecule has 0 saturated heterocycles. The molecule has 5 N–H and O–H groups in total. The normalized spacial score (nSPS) is 17.6. The average Bonchev–Trinajstić information content (AvgIpc) is 3.63. The second-order valence-electron chi connectivity index (χ2n) is 20.0. The molecule has 0 saturated carbocycles. The van der Waals surface area contributed by atoms with Crippen LogP contribution in [0.1, 0.15) is 105 Å². The maximum Gasteiger partial charge on any atom is 0.419 e. The third kappa shape index (κ3) is 16.2. The molecule has 5 amide bonds. The molecule has 0 unspecified atom stereocenters. The van der Waals surface area contributed by atoms with Crippen molar-refractivity contribution in [1.82, 2.24) is 41.0 Å². The lowest BCUT2D eigenvalue weighted by molar-refractivity contribution is -0.142. The second kappa shape index (κ2) is 23.9. The van der Waals surface area contributed by atoms with Crippen LogP contribution in [-0.2, 0) is 48.1 Å². The van der Waals surface area contributed by atoms with E-state index in [-0.39, 0.29) is 56.8 Å². The standard InChI is InChI=1S/C50H66BrFN8O9S/c1-48(2,3)67-45(64)54-24-14-18-36-41(61)58-37(19-15-25-55-46(65)68-49(4,5)6)44(63)59(10)39(26-31-29-60(47(66)69-50(7,8)9)38-20-12-11-17-32(31)38)42(62)57-28-33-34(51)21-22-35(52)40(33)70-43-30(27-56-36)16-13-23-53-43/h11-13,16-17,20-23,29,36-37,39,56H,14-15,18-19,24-28H2,1-10H3,(H,54,64)(H,55,65)(H,57,62)(H,58,61)/t36-,37-,39-/m0/s1. The number of nitrogens with zero attached hydrogens (tertiary/aromatic N) is 3. The summed E-state index contributed by atoms with van der Waals surface area (Å²) in [5.41, 5.74) is -0.157. The van der Waals surface area contributed by atoms with Gasteiger partial charge in [-0.3, -0.25) is 19.0 Å².